The van der Waals surface area contributed by atoms with Crippen LogP contribution in [0.25, 0.3) is 17.5 Å². The molecule has 220 valence electrons. The Morgan fingerprint density at radius 3 is 1.98 bits per heavy atom. The van der Waals surface area contributed by atoms with Crippen LogP contribution in [0.15, 0.2) is 123 Å². The molecule has 0 saturated heterocycles. The fourth-order valence-corrected chi connectivity index (χ4v) is 5.33. The number of benzene rings is 4. The van der Waals surface area contributed by atoms with Crippen molar-refractivity contribution < 1.29 is 18.3 Å². The van der Waals surface area contributed by atoms with Gasteiger partial charge in [0.2, 0.25) is 11.4 Å². The number of rotatable bonds is 8. The molecule has 6 aromatic rings. The summed E-state index contributed by atoms with van der Waals surface area (Å²) in [6.45, 7) is 0.858. The maximum absolute atomic E-state index is 13.2. The third-order valence-corrected chi connectivity index (χ3v) is 7.50. The van der Waals surface area contributed by atoms with Gasteiger partial charge >= 0.3 is 5.63 Å². The molecule has 45 heavy (non-hydrogen) atoms. The molecule has 0 amide bonds. The average Bonchev–Trinajstić information content (AvgIpc) is 3.62. The van der Waals surface area contributed by atoms with Crippen LogP contribution in [0.5, 0.6) is 11.5 Å². The molecule has 3 heterocycles. The standard InChI is InChI=1S/C36H26N4O5/c37-20-29-31(26-13-17-28(18-14-26)43-22-25-9-5-2-6-10-25)32-34(45-36(38)39-32)40-30(35(41)44-33(29)40)19-23-11-15-27(16-12-23)42-21-24-7-3-1-4-8-24/h1-19,31H,21-22H2,(H2,38,39)/b30-19+/t31-/m1/s1. The van der Waals surface area contributed by atoms with Crippen molar-refractivity contribution in [2.24, 2.45) is 0 Å². The van der Waals surface area contributed by atoms with E-state index in [1.54, 1.807) is 6.08 Å². The van der Waals surface area contributed by atoms with Crippen LogP contribution in [0.2, 0.25) is 0 Å². The van der Waals surface area contributed by atoms with Gasteiger partial charge in [-0.15, -0.1) is 0 Å². The van der Waals surface area contributed by atoms with Crippen molar-refractivity contribution in [2.45, 2.75) is 19.1 Å². The molecule has 9 heteroatoms. The van der Waals surface area contributed by atoms with Crippen LogP contribution in [0.1, 0.15) is 33.9 Å². The van der Waals surface area contributed by atoms with E-state index in [0.29, 0.717) is 30.4 Å². The third kappa shape index (κ3) is 5.48. The highest BCUT2D eigenvalue weighted by atomic mass is 16.5. The van der Waals surface area contributed by atoms with Crippen LogP contribution < -0.4 is 31.7 Å². The van der Waals surface area contributed by atoms with Crippen molar-refractivity contribution in [3.63, 3.8) is 0 Å². The lowest BCUT2D eigenvalue weighted by Crippen LogP contribution is -2.35. The van der Waals surface area contributed by atoms with Gasteiger partial charge in [-0.2, -0.15) is 10.2 Å². The lowest BCUT2D eigenvalue weighted by atomic mass is 9.87. The fraction of sp³-hybridized carbons (Fsp3) is 0.0833. The van der Waals surface area contributed by atoms with E-state index in [2.05, 4.69) is 11.1 Å². The fourth-order valence-electron chi connectivity index (χ4n) is 5.33. The molecule has 1 aliphatic heterocycles. The van der Waals surface area contributed by atoms with E-state index in [-0.39, 0.29) is 28.4 Å². The quantitative estimate of drug-likeness (QED) is 0.266. The van der Waals surface area contributed by atoms with E-state index < -0.39 is 11.5 Å². The van der Waals surface area contributed by atoms with Gasteiger partial charge in [0.05, 0.1) is 5.92 Å². The van der Waals surface area contributed by atoms with E-state index in [0.717, 1.165) is 22.3 Å². The minimum Gasteiger partial charge on any atom is -0.489 e. The molecular formula is C36H26N4O5. The van der Waals surface area contributed by atoms with Crippen molar-refractivity contribution in [1.29, 1.82) is 5.26 Å². The molecule has 0 fully saturated rings. The Morgan fingerprint density at radius 2 is 1.40 bits per heavy atom. The van der Waals surface area contributed by atoms with E-state index in [1.165, 1.54) is 4.57 Å². The smallest absolute Gasteiger partial charge is 0.362 e. The highest BCUT2D eigenvalue weighted by Crippen LogP contribution is 2.38. The summed E-state index contributed by atoms with van der Waals surface area (Å²) in [6.07, 6.45) is 1.66. The maximum atomic E-state index is 13.2. The number of nitriles is 1. The zero-order valence-electron chi connectivity index (χ0n) is 23.9. The summed E-state index contributed by atoms with van der Waals surface area (Å²) in [7, 11) is 0. The van der Waals surface area contributed by atoms with E-state index in [4.69, 9.17) is 24.0 Å². The number of ether oxygens (including phenoxy) is 2. The molecule has 0 bridgehead atoms. The lowest BCUT2D eigenvalue weighted by molar-refractivity contribution is 0.306. The zero-order valence-corrected chi connectivity index (χ0v) is 23.9. The first kappa shape index (κ1) is 27.6. The Morgan fingerprint density at radius 1 is 0.822 bits per heavy atom. The number of nitrogens with zero attached hydrogens (tertiary/aromatic N) is 3. The van der Waals surface area contributed by atoms with E-state index in [1.807, 2.05) is 109 Å². The molecule has 9 nitrogen and oxygen atoms in total. The monoisotopic (exact) mass is 594 g/mol. The van der Waals surface area contributed by atoms with Gasteiger partial charge in [0.1, 0.15) is 47.4 Å². The Hall–Kier alpha value is -6.27. The highest BCUT2D eigenvalue weighted by molar-refractivity contribution is 5.73. The summed E-state index contributed by atoms with van der Waals surface area (Å²) >= 11 is 0. The largest absolute Gasteiger partial charge is 0.489 e. The van der Waals surface area contributed by atoms with Crippen molar-refractivity contribution in [2.75, 3.05) is 5.73 Å². The molecule has 1 aliphatic rings. The van der Waals surface area contributed by atoms with Gasteiger partial charge in [-0.1, -0.05) is 84.9 Å². The molecular weight excluding hydrogens is 568 g/mol. The number of anilines is 1. The second kappa shape index (κ2) is 11.8. The minimum absolute atomic E-state index is 0.0645. The van der Waals surface area contributed by atoms with Gasteiger partial charge in [-0.3, -0.25) is 0 Å². The maximum Gasteiger partial charge on any atom is 0.362 e. The summed E-state index contributed by atoms with van der Waals surface area (Å²) in [4.78, 5) is 17.6. The summed E-state index contributed by atoms with van der Waals surface area (Å²) in [5.41, 5.74) is 9.62. The number of oxazole rings is 2. The second-order valence-corrected chi connectivity index (χ2v) is 10.4. The molecule has 0 unspecified atom stereocenters. The molecule has 0 radical (unpaired) electrons. The third-order valence-electron chi connectivity index (χ3n) is 7.50. The van der Waals surface area contributed by atoms with Crippen molar-refractivity contribution in [3.05, 3.63) is 158 Å². The summed E-state index contributed by atoms with van der Waals surface area (Å²) < 4.78 is 24.8. The number of aromatic nitrogens is 2. The van der Waals surface area contributed by atoms with Gasteiger partial charge in [0.25, 0.3) is 6.01 Å². The Kier molecular flexibility index (Phi) is 7.21. The highest BCUT2D eigenvalue weighted by Gasteiger charge is 2.36. The zero-order chi connectivity index (χ0) is 30.8. The molecule has 2 N–H and O–H groups in total. The molecule has 2 aromatic heterocycles. The minimum atomic E-state index is -0.673. The Balaban J connectivity index is 1.23. The number of hydrogen-bond acceptors (Lipinski definition) is 8. The topological polar surface area (TPSA) is 129 Å². The molecule has 7 rings (SSSR count). The molecule has 0 aliphatic carbocycles. The molecule has 0 spiro atoms. The first-order valence-electron chi connectivity index (χ1n) is 14.3. The normalized spacial score (nSPS) is 14.0. The molecule has 4 aromatic carbocycles. The number of fused-ring (bicyclic) bond motifs is 3. The SMILES string of the molecule is N#CC1=c2oc(=O)/c(=C\c3ccc(OCc4ccccc4)cc3)n2-c2oc(N)nc2[C@@H]1c1ccc(OCc2ccccc2)cc1. The number of nitrogen functional groups attached to an aromatic ring is 1. The summed E-state index contributed by atoms with van der Waals surface area (Å²) in [6, 6.07) is 36.5. The molecule has 0 saturated carbocycles. The van der Waals surface area contributed by atoms with Crippen molar-refractivity contribution in [3.8, 4) is 23.5 Å². The van der Waals surface area contributed by atoms with Crippen LogP contribution in [-0.4, -0.2) is 9.55 Å². The second-order valence-electron chi connectivity index (χ2n) is 10.4. The van der Waals surface area contributed by atoms with Gasteiger partial charge in [-0.05, 0) is 52.6 Å². The first-order chi connectivity index (χ1) is 22.1. The predicted octanol–water partition coefficient (Wildman–Crippen LogP) is 4.81. The first-order valence-corrected chi connectivity index (χ1v) is 14.3. The van der Waals surface area contributed by atoms with Gasteiger partial charge in [0, 0.05) is 0 Å². The Bertz CT molecular complexity index is 2190. The lowest BCUT2D eigenvalue weighted by Gasteiger charge is -2.19. The van der Waals surface area contributed by atoms with Crippen LogP contribution in [-0.2, 0) is 13.2 Å². The van der Waals surface area contributed by atoms with Crippen LogP contribution in [0.3, 0.4) is 0 Å². The van der Waals surface area contributed by atoms with Crippen LogP contribution in [0.4, 0.5) is 6.01 Å². The average molecular weight is 595 g/mol. The molecule has 1 atom stereocenters. The van der Waals surface area contributed by atoms with Crippen molar-refractivity contribution in [1.82, 2.24) is 9.55 Å². The van der Waals surface area contributed by atoms with Gasteiger partial charge < -0.3 is 24.0 Å². The van der Waals surface area contributed by atoms with Gasteiger partial charge in [-0.25, -0.2) is 9.36 Å². The van der Waals surface area contributed by atoms with Crippen molar-refractivity contribution >= 4 is 17.7 Å². The van der Waals surface area contributed by atoms with E-state index in [9.17, 15) is 10.1 Å². The Labute approximate surface area is 257 Å². The van der Waals surface area contributed by atoms with Crippen LogP contribution >= 0.6 is 0 Å². The number of nitrogens with two attached hydrogens (primary N) is 1. The van der Waals surface area contributed by atoms with Crippen LogP contribution in [0, 0.1) is 11.3 Å². The summed E-state index contributed by atoms with van der Waals surface area (Å²) in [5.74, 6) is 0.898. The summed E-state index contributed by atoms with van der Waals surface area (Å²) in [5, 5.41) is 10.5. The number of hydrogen-bond donors (Lipinski definition) is 1. The predicted molar refractivity (Wildman–Crippen MR) is 167 cm³/mol. The van der Waals surface area contributed by atoms with E-state index >= 15 is 0 Å². The van der Waals surface area contributed by atoms with Gasteiger partial charge in [0.15, 0.2) is 0 Å².